The number of aryl methyl sites for hydroxylation is 1. The summed E-state index contributed by atoms with van der Waals surface area (Å²) < 4.78 is 1.62. The molecule has 0 saturated carbocycles. The third-order valence-corrected chi connectivity index (χ3v) is 4.55. The van der Waals surface area contributed by atoms with E-state index >= 15 is 0 Å². The topological polar surface area (TPSA) is 63.6 Å². The van der Waals surface area contributed by atoms with Crippen molar-refractivity contribution >= 4 is 5.65 Å². The lowest BCUT2D eigenvalue weighted by molar-refractivity contribution is 0.132. The zero-order valence-corrected chi connectivity index (χ0v) is 13.2. The summed E-state index contributed by atoms with van der Waals surface area (Å²) >= 11 is 0. The van der Waals surface area contributed by atoms with Gasteiger partial charge in [0.25, 0.3) is 5.56 Å². The second-order valence-corrected chi connectivity index (χ2v) is 6.17. The number of aromatic nitrogens is 2. The largest absolute Gasteiger partial charge is 0.330 e. The SMILES string of the molecule is Cc1cccn2c(=O)cc(CN3CCCCC3CCN)nc12. The number of hydrogen-bond donors (Lipinski definition) is 1. The van der Waals surface area contributed by atoms with Gasteiger partial charge >= 0.3 is 0 Å². The Bertz CT molecular complexity index is 707. The van der Waals surface area contributed by atoms with Gasteiger partial charge in [0.1, 0.15) is 5.65 Å². The maximum atomic E-state index is 12.3. The van der Waals surface area contributed by atoms with Crippen LogP contribution in [-0.4, -0.2) is 33.4 Å². The molecule has 0 aliphatic carbocycles. The lowest BCUT2D eigenvalue weighted by atomic mass is 9.99. The molecule has 0 aromatic carbocycles. The average Bonchev–Trinajstić information content (AvgIpc) is 2.51. The molecule has 0 bridgehead atoms. The minimum atomic E-state index is -0.00363. The molecule has 0 spiro atoms. The van der Waals surface area contributed by atoms with Crippen LogP contribution in [0.2, 0.25) is 0 Å². The van der Waals surface area contributed by atoms with E-state index in [0.717, 1.165) is 36.4 Å². The second-order valence-electron chi connectivity index (χ2n) is 6.17. The van der Waals surface area contributed by atoms with Crippen molar-refractivity contribution in [3.8, 4) is 0 Å². The van der Waals surface area contributed by atoms with Crippen LogP contribution in [0.4, 0.5) is 0 Å². The van der Waals surface area contributed by atoms with Gasteiger partial charge < -0.3 is 5.73 Å². The second kappa shape index (κ2) is 6.58. The first-order valence-electron chi connectivity index (χ1n) is 8.11. The molecule has 1 fully saturated rings. The van der Waals surface area contributed by atoms with Crippen molar-refractivity contribution in [3.63, 3.8) is 0 Å². The van der Waals surface area contributed by atoms with Gasteiger partial charge in [-0.25, -0.2) is 4.98 Å². The van der Waals surface area contributed by atoms with E-state index in [2.05, 4.69) is 4.90 Å². The molecule has 1 aliphatic rings. The van der Waals surface area contributed by atoms with Gasteiger partial charge in [0.05, 0.1) is 5.69 Å². The Balaban J connectivity index is 1.90. The molecule has 2 N–H and O–H groups in total. The van der Waals surface area contributed by atoms with Gasteiger partial charge in [-0.15, -0.1) is 0 Å². The van der Waals surface area contributed by atoms with E-state index in [1.54, 1.807) is 16.7 Å². The van der Waals surface area contributed by atoms with E-state index in [1.165, 1.54) is 19.3 Å². The molecule has 3 heterocycles. The highest BCUT2D eigenvalue weighted by Crippen LogP contribution is 2.21. The molecule has 1 atom stereocenters. The summed E-state index contributed by atoms with van der Waals surface area (Å²) in [7, 11) is 0. The lowest BCUT2D eigenvalue weighted by Crippen LogP contribution is -2.40. The quantitative estimate of drug-likeness (QED) is 0.933. The van der Waals surface area contributed by atoms with Crippen LogP contribution < -0.4 is 11.3 Å². The van der Waals surface area contributed by atoms with Crippen molar-refractivity contribution < 1.29 is 0 Å². The molecule has 118 valence electrons. The third kappa shape index (κ3) is 3.05. The first kappa shape index (κ1) is 15.2. The van der Waals surface area contributed by atoms with Crippen LogP contribution >= 0.6 is 0 Å². The molecule has 5 heteroatoms. The number of hydrogen-bond acceptors (Lipinski definition) is 4. The minimum absolute atomic E-state index is 0.00363. The fourth-order valence-electron chi connectivity index (χ4n) is 3.39. The van der Waals surface area contributed by atoms with Gasteiger partial charge in [-0.2, -0.15) is 0 Å². The fourth-order valence-corrected chi connectivity index (χ4v) is 3.39. The predicted octanol–water partition coefficient (Wildman–Crippen LogP) is 1.71. The van der Waals surface area contributed by atoms with Crippen LogP contribution in [0.1, 0.15) is 36.9 Å². The summed E-state index contributed by atoms with van der Waals surface area (Å²) in [6.07, 6.45) is 6.48. The van der Waals surface area contributed by atoms with E-state index in [0.29, 0.717) is 12.6 Å². The monoisotopic (exact) mass is 300 g/mol. The summed E-state index contributed by atoms with van der Waals surface area (Å²) in [4.78, 5) is 19.4. The molecule has 1 unspecified atom stereocenters. The normalized spacial score (nSPS) is 19.6. The van der Waals surface area contributed by atoms with Crippen molar-refractivity contribution in [1.82, 2.24) is 14.3 Å². The third-order valence-electron chi connectivity index (χ3n) is 4.55. The van der Waals surface area contributed by atoms with Crippen molar-refractivity contribution in [3.05, 3.63) is 46.0 Å². The van der Waals surface area contributed by atoms with Crippen molar-refractivity contribution in [2.24, 2.45) is 5.73 Å². The molecule has 2 aromatic heterocycles. The number of nitrogens with zero attached hydrogens (tertiary/aromatic N) is 3. The molecule has 0 amide bonds. The highest BCUT2D eigenvalue weighted by Gasteiger charge is 2.22. The van der Waals surface area contributed by atoms with Crippen LogP contribution in [0, 0.1) is 6.92 Å². The number of likely N-dealkylation sites (tertiary alicyclic amines) is 1. The van der Waals surface area contributed by atoms with Crippen molar-refractivity contribution in [2.45, 2.75) is 45.2 Å². The number of piperidine rings is 1. The first-order chi connectivity index (χ1) is 10.7. The Morgan fingerprint density at radius 3 is 3.09 bits per heavy atom. The van der Waals surface area contributed by atoms with Crippen molar-refractivity contribution in [1.29, 1.82) is 0 Å². The summed E-state index contributed by atoms with van der Waals surface area (Å²) in [5.41, 5.74) is 8.39. The van der Waals surface area contributed by atoms with E-state index in [-0.39, 0.29) is 5.56 Å². The van der Waals surface area contributed by atoms with Gasteiger partial charge in [-0.1, -0.05) is 12.5 Å². The summed E-state index contributed by atoms with van der Waals surface area (Å²) in [6.45, 7) is 4.52. The first-order valence-corrected chi connectivity index (χ1v) is 8.11. The van der Waals surface area contributed by atoms with Crippen molar-refractivity contribution in [2.75, 3.05) is 13.1 Å². The summed E-state index contributed by atoms with van der Waals surface area (Å²) in [5, 5.41) is 0. The van der Waals surface area contributed by atoms with Gasteiger partial charge in [0.15, 0.2) is 0 Å². The summed E-state index contributed by atoms with van der Waals surface area (Å²) in [5.74, 6) is 0. The molecule has 3 rings (SSSR count). The van der Waals surface area contributed by atoms with Gasteiger partial charge in [0, 0.05) is 24.8 Å². The average molecular weight is 300 g/mol. The molecule has 1 aliphatic heterocycles. The van der Waals surface area contributed by atoms with Crippen LogP contribution in [-0.2, 0) is 6.54 Å². The molecule has 2 aromatic rings. The Morgan fingerprint density at radius 1 is 1.41 bits per heavy atom. The summed E-state index contributed by atoms with van der Waals surface area (Å²) in [6, 6.07) is 6.06. The molecule has 0 radical (unpaired) electrons. The number of pyridine rings is 1. The van der Waals surface area contributed by atoms with E-state index < -0.39 is 0 Å². The maximum absolute atomic E-state index is 12.3. The molecule has 22 heavy (non-hydrogen) atoms. The molecule has 5 nitrogen and oxygen atoms in total. The van der Waals surface area contributed by atoms with Crippen LogP contribution in [0.15, 0.2) is 29.2 Å². The highest BCUT2D eigenvalue weighted by molar-refractivity contribution is 5.46. The number of nitrogens with two attached hydrogens (primary N) is 1. The smallest absolute Gasteiger partial charge is 0.258 e. The Labute approximate surface area is 130 Å². The van der Waals surface area contributed by atoms with E-state index in [4.69, 9.17) is 10.7 Å². The molecular formula is C17H24N4O. The minimum Gasteiger partial charge on any atom is -0.330 e. The lowest BCUT2D eigenvalue weighted by Gasteiger charge is -2.35. The predicted molar refractivity (Wildman–Crippen MR) is 87.9 cm³/mol. The molecular weight excluding hydrogens is 276 g/mol. The zero-order chi connectivity index (χ0) is 15.5. The Morgan fingerprint density at radius 2 is 2.27 bits per heavy atom. The van der Waals surface area contributed by atoms with Gasteiger partial charge in [-0.05, 0) is 50.9 Å². The fraction of sp³-hybridized carbons (Fsp3) is 0.529. The zero-order valence-electron chi connectivity index (χ0n) is 13.2. The Kier molecular flexibility index (Phi) is 4.55. The highest BCUT2D eigenvalue weighted by atomic mass is 16.1. The van der Waals surface area contributed by atoms with E-state index in [1.807, 2.05) is 19.1 Å². The maximum Gasteiger partial charge on any atom is 0.258 e. The van der Waals surface area contributed by atoms with Gasteiger partial charge in [0.2, 0.25) is 0 Å². The number of fused-ring (bicyclic) bond motifs is 1. The standard InChI is InChI=1S/C17H24N4O/c1-13-5-4-10-21-16(22)11-14(19-17(13)21)12-20-9-3-2-6-15(20)7-8-18/h4-5,10-11,15H,2-3,6-9,12,18H2,1H3. The van der Waals surface area contributed by atoms with E-state index in [9.17, 15) is 4.79 Å². The number of rotatable bonds is 4. The Hall–Kier alpha value is -1.72. The van der Waals surface area contributed by atoms with Gasteiger partial charge in [-0.3, -0.25) is 14.1 Å². The van der Waals surface area contributed by atoms with Crippen LogP contribution in [0.25, 0.3) is 5.65 Å². The van der Waals surface area contributed by atoms with Crippen LogP contribution in [0.5, 0.6) is 0 Å². The van der Waals surface area contributed by atoms with Crippen LogP contribution in [0.3, 0.4) is 0 Å². The molecule has 1 saturated heterocycles.